The first-order chi connectivity index (χ1) is 11.3. The molecule has 0 radical (unpaired) electrons. The minimum Gasteiger partial charge on any atom is -0.481 e. The van der Waals surface area contributed by atoms with Gasteiger partial charge in [-0.2, -0.15) is 0 Å². The van der Waals surface area contributed by atoms with Crippen molar-refractivity contribution in [2.24, 2.45) is 5.41 Å². The number of carboxylic acid groups (broad SMARTS) is 1. The van der Waals surface area contributed by atoms with Crippen molar-refractivity contribution in [1.82, 2.24) is 5.32 Å². The molecule has 24 heavy (non-hydrogen) atoms. The lowest BCUT2D eigenvalue weighted by Gasteiger charge is -2.33. The van der Waals surface area contributed by atoms with E-state index in [2.05, 4.69) is 5.32 Å². The molecule has 1 aliphatic heterocycles. The number of halogens is 2. The Labute approximate surface area is 150 Å². The molecule has 1 heterocycles. The molecule has 0 saturated carbocycles. The van der Waals surface area contributed by atoms with Gasteiger partial charge in [0.15, 0.2) is 6.10 Å². The Kier molecular flexibility index (Phi) is 6.32. The SMILES string of the molecule is CC(Oc1ccc(Cl)cc1Cl)C(=O)NCC1(C(=O)O)CCOCC1. The van der Waals surface area contributed by atoms with Crippen molar-refractivity contribution >= 4 is 35.1 Å². The minimum atomic E-state index is -0.994. The van der Waals surface area contributed by atoms with Crippen LogP contribution in [0.2, 0.25) is 10.0 Å². The predicted molar refractivity (Wildman–Crippen MR) is 89.7 cm³/mol. The van der Waals surface area contributed by atoms with Crippen LogP contribution in [0.25, 0.3) is 0 Å². The summed E-state index contributed by atoms with van der Waals surface area (Å²) < 4.78 is 10.7. The van der Waals surface area contributed by atoms with Crippen LogP contribution in [-0.4, -0.2) is 42.8 Å². The summed E-state index contributed by atoms with van der Waals surface area (Å²) in [6.07, 6.45) is -0.101. The van der Waals surface area contributed by atoms with Gasteiger partial charge in [-0.15, -0.1) is 0 Å². The Morgan fingerprint density at radius 3 is 2.62 bits per heavy atom. The summed E-state index contributed by atoms with van der Waals surface area (Å²) >= 11 is 11.8. The molecule has 0 aromatic heterocycles. The second-order valence-electron chi connectivity index (χ2n) is 5.75. The van der Waals surface area contributed by atoms with Crippen LogP contribution >= 0.6 is 23.2 Å². The number of carboxylic acids is 1. The Balaban J connectivity index is 1.94. The summed E-state index contributed by atoms with van der Waals surface area (Å²) in [5.74, 6) is -1.00. The molecule has 8 heteroatoms. The second kappa shape index (κ2) is 8.05. The van der Waals surface area contributed by atoms with Gasteiger partial charge < -0.3 is 19.9 Å². The molecule has 1 aromatic carbocycles. The number of nitrogens with one attached hydrogen (secondary N) is 1. The van der Waals surface area contributed by atoms with E-state index in [0.29, 0.717) is 41.9 Å². The zero-order valence-electron chi connectivity index (χ0n) is 13.2. The molecule has 1 aliphatic rings. The molecule has 1 aromatic rings. The van der Waals surface area contributed by atoms with Gasteiger partial charge in [-0.3, -0.25) is 9.59 Å². The smallest absolute Gasteiger partial charge is 0.311 e. The minimum absolute atomic E-state index is 0.0343. The quantitative estimate of drug-likeness (QED) is 0.798. The van der Waals surface area contributed by atoms with Crippen LogP contribution in [-0.2, 0) is 14.3 Å². The van der Waals surface area contributed by atoms with Crippen LogP contribution in [0.3, 0.4) is 0 Å². The van der Waals surface area contributed by atoms with Crippen LogP contribution < -0.4 is 10.1 Å². The van der Waals surface area contributed by atoms with Crippen molar-refractivity contribution in [3.63, 3.8) is 0 Å². The fourth-order valence-corrected chi connectivity index (χ4v) is 2.90. The Bertz CT molecular complexity index is 616. The average molecular weight is 376 g/mol. The summed E-state index contributed by atoms with van der Waals surface area (Å²) in [7, 11) is 0. The van der Waals surface area contributed by atoms with E-state index < -0.39 is 23.4 Å². The first kappa shape index (κ1) is 18.8. The topological polar surface area (TPSA) is 84.9 Å². The van der Waals surface area contributed by atoms with Gasteiger partial charge in [0, 0.05) is 24.8 Å². The number of hydrogen-bond acceptors (Lipinski definition) is 4. The van der Waals surface area contributed by atoms with Gasteiger partial charge in [-0.25, -0.2) is 0 Å². The maximum Gasteiger partial charge on any atom is 0.311 e. The lowest BCUT2D eigenvalue weighted by Crippen LogP contribution is -2.48. The van der Waals surface area contributed by atoms with E-state index in [1.807, 2.05) is 0 Å². The number of carbonyl (C=O) groups excluding carboxylic acids is 1. The van der Waals surface area contributed by atoms with Crippen LogP contribution in [0.1, 0.15) is 19.8 Å². The maximum absolute atomic E-state index is 12.2. The molecule has 1 amide bonds. The van der Waals surface area contributed by atoms with E-state index in [-0.39, 0.29) is 6.54 Å². The summed E-state index contributed by atoms with van der Waals surface area (Å²) in [6, 6.07) is 4.70. The van der Waals surface area contributed by atoms with Gasteiger partial charge in [0.2, 0.25) is 0 Å². The number of rotatable bonds is 6. The molecule has 0 aliphatic carbocycles. The molecule has 6 nitrogen and oxygen atoms in total. The van der Waals surface area contributed by atoms with E-state index in [0.717, 1.165) is 0 Å². The molecule has 1 saturated heterocycles. The van der Waals surface area contributed by atoms with E-state index in [1.165, 1.54) is 6.07 Å². The summed E-state index contributed by atoms with van der Waals surface area (Å²) in [5.41, 5.74) is -0.994. The fourth-order valence-electron chi connectivity index (χ4n) is 2.44. The van der Waals surface area contributed by atoms with Crippen LogP contribution in [0.5, 0.6) is 5.75 Å². The third-order valence-corrected chi connectivity index (χ3v) is 4.60. The molecule has 2 N–H and O–H groups in total. The van der Waals surface area contributed by atoms with Gasteiger partial charge in [0.05, 0.1) is 10.4 Å². The van der Waals surface area contributed by atoms with Crippen molar-refractivity contribution in [2.45, 2.75) is 25.9 Å². The number of hydrogen-bond donors (Lipinski definition) is 2. The number of aliphatic carboxylic acids is 1. The molecule has 0 bridgehead atoms. The highest BCUT2D eigenvalue weighted by Gasteiger charge is 2.40. The molecule has 0 spiro atoms. The summed E-state index contributed by atoms with van der Waals surface area (Å²) in [4.78, 5) is 23.8. The maximum atomic E-state index is 12.2. The first-order valence-corrected chi connectivity index (χ1v) is 8.30. The zero-order chi connectivity index (χ0) is 17.7. The van der Waals surface area contributed by atoms with Gasteiger partial charge in [0.25, 0.3) is 5.91 Å². The Morgan fingerprint density at radius 2 is 2.04 bits per heavy atom. The van der Waals surface area contributed by atoms with E-state index in [1.54, 1.807) is 19.1 Å². The second-order valence-corrected chi connectivity index (χ2v) is 6.59. The molecular formula is C16H19Cl2NO5. The van der Waals surface area contributed by atoms with Crippen LogP contribution in [0, 0.1) is 5.41 Å². The third kappa shape index (κ3) is 4.53. The number of benzene rings is 1. The van der Waals surface area contributed by atoms with Gasteiger partial charge in [-0.1, -0.05) is 23.2 Å². The highest BCUT2D eigenvalue weighted by atomic mass is 35.5. The largest absolute Gasteiger partial charge is 0.481 e. The van der Waals surface area contributed by atoms with Gasteiger partial charge >= 0.3 is 5.97 Å². The Hall–Kier alpha value is -1.50. The lowest BCUT2D eigenvalue weighted by atomic mass is 9.80. The number of amides is 1. The van der Waals surface area contributed by atoms with Crippen molar-refractivity contribution in [3.8, 4) is 5.75 Å². The highest BCUT2D eigenvalue weighted by molar-refractivity contribution is 6.35. The molecule has 1 atom stereocenters. The molecule has 1 unspecified atom stereocenters. The Morgan fingerprint density at radius 1 is 1.38 bits per heavy atom. The van der Waals surface area contributed by atoms with Crippen LogP contribution in [0.15, 0.2) is 18.2 Å². The monoisotopic (exact) mass is 375 g/mol. The van der Waals surface area contributed by atoms with Gasteiger partial charge in [-0.05, 0) is 38.0 Å². The highest BCUT2D eigenvalue weighted by Crippen LogP contribution is 2.30. The normalized spacial score (nSPS) is 17.8. The average Bonchev–Trinajstić information content (AvgIpc) is 2.55. The fraction of sp³-hybridized carbons (Fsp3) is 0.500. The zero-order valence-corrected chi connectivity index (χ0v) is 14.7. The van der Waals surface area contributed by atoms with Crippen molar-refractivity contribution in [3.05, 3.63) is 28.2 Å². The number of ether oxygens (including phenoxy) is 2. The van der Waals surface area contributed by atoms with Crippen molar-refractivity contribution in [2.75, 3.05) is 19.8 Å². The van der Waals surface area contributed by atoms with Crippen molar-refractivity contribution in [1.29, 1.82) is 0 Å². The van der Waals surface area contributed by atoms with E-state index >= 15 is 0 Å². The first-order valence-electron chi connectivity index (χ1n) is 7.55. The van der Waals surface area contributed by atoms with E-state index in [9.17, 15) is 14.7 Å². The number of carbonyl (C=O) groups is 2. The van der Waals surface area contributed by atoms with E-state index in [4.69, 9.17) is 32.7 Å². The molecule has 1 fully saturated rings. The van der Waals surface area contributed by atoms with Gasteiger partial charge in [0.1, 0.15) is 5.75 Å². The molecule has 2 rings (SSSR count). The van der Waals surface area contributed by atoms with Crippen molar-refractivity contribution < 1.29 is 24.2 Å². The molecule has 132 valence electrons. The standard InChI is InChI=1S/C16H19Cl2NO5/c1-10(24-13-3-2-11(17)8-12(13)18)14(20)19-9-16(15(21)22)4-6-23-7-5-16/h2-3,8,10H,4-7,9H2,1H3,(H,19,20)(H,21,22). The third-order valence-electron chi connectivity index (χ3n) is 4.07. The van der Waals surface area contributed by atoms with Crippen LogP contribution in [0.4, 0.5) is 0 Å². The summed E-state index contributed by atoms with van der Waals surface area (Å²) in [6.45, 7) is 2.34. The predicted octanol–water partition coefficient (Wildman–Crippen LogP) is 2.76. The molecular weight excluding hydrogens is 357 g/mol. The summed E-state index contributed by atoms with van der Waals surface area (Å²) in [5, 5.41) is 12.9. The lowest BCUT2D eigenvalue weighted by molar-refractivity contribution is -0.155.